The maximum Gasteiger partial charge on any atom is 0.280 e. The molecular weight excluding hydrogens is 274 g/mol. The third kappa shape index (κ3) is 4.71. The molecule has 0 saturated heterocycles. The van der Waals surface area contributed by atoms with Gasteiger partial charge in [-0.25, -0.2) is 4.98 Å². The number of aromatic nitrogens is 1. The van der Waals surface area contributed by atoms with Crippen molar-refractivity contribution in [3.8, 4) is 11.5 Å². The van der Waals surface area contributed by atoms with Gasteiger partial charge in [-0.15, -0.1) is 0 Å². The summed E-state index contributed by atoms with van der Waals surface area (Å²) in [5, 5.41) is 12.0. The number of pyridine rings is 1. The Balaban J connectivity index is 2.83. The van der Waals surface area contributed by atoms with Gasteiger partial charge in [0.1, 0.15) is 0 Å². The van der Waals surface area contributed by atoms with Crippen molar-refractivity contribution in [2.75, 3.05) is 13.2 Å². The van der Waals surface area contributed by atoms with E-state index in [0.717, 1.165) is 12.8 Å². The highest BCUT2D eigenvalue weighted by Gasteiger charge is 2.19. The van der Waals surface area contributed by atoms with Gasteiger partial charge < -0.3 is 15.6 Å². The fourth-order valence-electron chi connectivity index (χ4n) is 1.69. The van der Waals surface area contributed by atoms with E-state index in [1.54, 1.807) is 0 Å². The number of carbonyl (C=O) groups is 2. The summed E-state index contributed by atoms with van der Waals surface area (Å²) < 4.78 is 5.52. The van der Waals surface area contributed by atoms with Crippen LogP contribution in [0.15, 0.2) is 12.3 Å². The highest BCUT2D eigenvalue weighted by atomic mass is 16.5. The molecule has 0 radical (unpaired) electrons. The minimum Gasteiger partial charge on any atom is -0.503 e. The van der Waals surface area contributed by atoms with Crippen molar-refractivity contribution in [1.82, 2.24) is 10.3 Å². The number of aromatic hydroxyl groups is 1. The number of imide groups is 1. The monoisotopic (exact) mass is 295 g/mol. The zero-order valence-electron chi connectivity index (χ0n) is 12.3. The van der Waals surface area contributed by atoms with Crippen molar-refractivity contribution < 1.29 is 19.4 Å². The fourth-order valence-corrected chi connectivity index (χ4v) is 1.69. The molecule has 0 aliphatic heterocycles. The third-order valence-electron chi connectivity index (χ3n) is 3.17. The number of nitrogens with one attached hydrogen (secondary N) is 1. The molecule has 7 heteroatoms. The Morgan fingerprint density at radius 3 is 2.67 bits per heavy atom. The Morgan fingerprint density at radius 2 is 2.10 bits per heavy atom. The quantitative estimate of drug-likeness (QED) is 0.686. The van der Waals surface area contributed by atoms with Gasteiger partial charge in [0.25, 0.3) is 5.91 Å². The molecule has 7 nitrogen and oxygen atoms in total. The minimum atomic E-state index is -0.809. The first-order valence-electron chi connectivity index (χ1n) is 6.88. The Labute approximate surface area is 123 Å². The molecule has 0 saturated carbocycles. The zero-order chi connectivity index (χ0) is 15.8. The van der Waals surface area contributed by atoms with Gasteiger partial charge in [0.15, 0.2) is 17.2 Å². The molecule has 0 atom stereocenters. The van der Waals surface area contributed by atoms with Crippen LogP contribution in [0.25, 0.3) is 0 Å². The number of ether oxygens (including phenoxy) is 1. The Morgan fingerprint density at radius 1 is 1.43 bits per heavy atom. The van der Waals surface area contributed by atoms with Crippen LogP contribution >= 0.6 is 0 Å². The number of hydrogen-bond donors (Lipinski definition) is 3. The van der Waals surface area contributed by atoms with Crippen LogP contribution in [-0.4, -0.2) is 35.1 Å². The van der Waals surface area contributed by atoms with E-state index >= 15 is 0 Å². The van der Waals surface area contributed by atoms with Crippen molar-refractivity contribution in [2.24, 2.45) is 11.7 Å². The average Bonchev–Trinajstić information content (AvgIpc) is 2.49. The van der Waals surface area contributed by atoms with Crippen molar-refractivity contribution in [2.45, 2.75) is 26.7 Å². The molecule has 0 unspecified atom stereocenters. The molecule has 1 heterocycles. The number of carbonyl (C=O) groups excluding carboxylic acids is 2. The maximum atomic E-state index is 11.8. The van der Waals surface area contributed by atoms with Gasteiger partial charge in [-0.1, -0.05) is 26.7 Å². The smallest absolute Gasteiger partial charge is 0.280 e. The Kier molecular flexibility index (Phi) is 6.61. The summed E-state index contributed by atoms with van der Waals surface area (Å²) in [7, 11) is 0. The second-order valence-electron chi connectivity index (χ2n) is 4.58. The molecule has 4 N–H and O–H groups in total. The van der Waals surface area contributed by atoms with Gasteiger partial charge >= 0.3 is 0 Å². The lowest BCUT2D eigenvalue weighted by atomic mass is 10.1. The lowest BCUT2D eigenvalue weighted by Crippen LogP contribution is -2.35. The first kappa shape index (κ1) is 16.9. The lowest BCUT2D eigenvalue weighted by Gasteiger charge is -2.15. The molecule has 0 bridgehead atoms. The van der Waals surface area contributed by atoms with Crippen molar-refractivity contribution >= 4 is 11.8 Å². The van der Waals surface area contributed by atoms with Crippen LogP contribution in [0.4, 0.5) is 0 Å². The summed E-state index contributed by atoms with van der Waals surface area (Å²) in [6.45, 7) is 4.23. The van der Waals surface area contributed by atoms with E-state index in [9.17, 15) is 14.7 Å². The summed E-state index contributed by atoms with van der Waals surface area (Å²) >= 11 is 0. The van der Waals surface area contributed by atoms with Gasteiger partial charge in [0, 0.05) is 12.3 Å². The molecule has 0 fully saturated rings. The Hall–Kier alpha value is -2.15. The zero-order valence-corrected chi connectivity index (χ0v) is 12.3. The number of nitrogens with two attached hydrogens (primary N) is 1. The van der Waals surface area contributed by atoms with Gasteiger partial charge in [-0.3, -0.25) is 14.9 Å². The van der Waals surface area contributed by atoms with E-state index in [0.29, 0.717) is 12.5 Å². The van der Waals surface area contributed by atoms with Gasteiger partial charge in [-0.2, -0.15) is 0 Å². The maximum absolute atomic E-state index is 11.8. The fraction of sp³-hybridized carbons (Fsp3) is 0.500. The predicted molar refractivity (Wildman–Crippen MR) is 77.0 cm³/mol. The number of nitrogens with zero attached hydrogens (tertiary/aromatic N) is 1. The lowest BCUT2D eigenvalue weighted by molar-refractivity contribution is -0.118. The van der Waals surface area contributed by atoms with Gasteiger partial charge in [0.2, 0.25) is 5.91 Å². The molecule has 0 spiro atoms. The second-order valence-corrected chi connectivity index (χ2v) is 4.58. The number of amides is 2. The summed E-state index contributed by atoms with van der Waals surface area (Å²) in [5.74, 6) is -1.30. The SMILES string of the molecule is CCC(CC)COc1ccnc(C(=O)NC(=O)CN)c1O. The van der Waals surface area contributed by atoms with E-state index in [2.05, 4.69) is 18.8 Å². The molecule has 1 aromatic heterocycles. The minimum absolute atomic E-state index is 0.169. The topological polar surface area (TPSA) is 115 Å². The molecule has 116 valence electrons. The van der Waals surface area contributed by atoms with Crippen LogP contribution in [0.3, 0.4) is 0 Å². The first-order valence-corrected chi connectivity index (χ1v) is 6.88. The summed E-state index contributed by atoms with van der Waals surface area (Å²) in [5.41, 5.74) is 4.84. The average molecular weight is 295 g/mol. The van der Waals surface area contributed by atoms with E-state index in [-0.39, 0.29) is 23.7 Å². The standard InChI is InChI=1S/C14H21N3O4/c1-3-9(4-2)8-21-10-5-6-16-12(13(10)19)14(20)17-11(18)7-15/h5-6,9,19H,3-4,7-8,15H2,1-2H3,(H,17,18,20). The first-order chi connectivity index (χ1) is 10.0. The van der Waals surface area contributed by atoms with E-state index < -0.39 is 11.8 Å². The van der Waals surface area contributed by atoms with Crippen LogP contribution in [0.1, 0.15) is 37.2 Å². The molecule has 0 aliphatic carbocycles. The molecule has 1 aromatic rings. The molecule has 0 aromatic carbocycles. The molecular formula is C14H21N3O4. The second kappa shape index (κ2) is 8.21. The normalized spacial score (nSPS) is 10.5. The molecule has 2 amide bonds. The van der Waals surface area contributed by atoms with Crippen molar-refractivity contribution in [3.63, 3.8) is 0 Å². The van der Waals surface area contributed by atoms with Crippen LogP contribution in [-0.2, 0) is 4.79 Å². The Bertz CT molecular complexity index is 501. The van der Waals surface area contributed by atoms with Gasteiger partial charge in [-0.05, 0) is 5.92 Å². The summed E-state index contributed by atoms with van der Waals surface area (Å²) in [6, 6.07) is 1.47. The van der Waals surface area contributed by atoms with E-state index in [1.807, 2.05) is 5.32 Å². The van der Waals surface area contributed by atoms with Crippen LogP contribution < -0.4 is 15.8 Å². The number of hydrogen-bond acceptors (Lipinski definition) is 6. The van der Waals surface area contributed by atoms with Crippen LogP contribution in [0, 0.1) is 5.92 Å². The summed E-state index contributed by atoms with van der Waals surface area (Å²) in [4.78, 5) is 26.6. The molecule has 1 rings (SSSR count). The molecule has 21 heavy (non-hydrogen) atoms. The predicted octanol–water partition coefficient (Wildman–Crippen LogP) is 0.817. The summed E-state index contributed by atoms with van der Waals surface area (Å²) in [6.07, 6.45) is 3.26. The number of rotatable bonds is 7. The highest BCUT2D eigenvalue weighted by molar-refractivity contribution is 6.05. The highest BCUT2D eigenvalue weighted by Crippen LogP contribution is 2.28. The largest absolute Gasteiger partial charge is 0.503 e. The van der Waals surface area contributed by atoms with E-state index in [1.165, 1.54) is 12.3 Å². The van der Waals surface area contributed by atoms with E-state index in [4.69, 9.17) is 10.5 Å². The van der Waals surface area contributed by atoms with Crippen molar-refractivity contribution in [3.05, 3.63) is 18.0 Å². The molecule has 0 aliphatic rings. The third-order valence-corrected chi connectivity index (χ3v) is 3.17. The van der Waals surface area contributed by atoms with Crippen molar-refractivity contribution in [1.29, 1.82) is 0 Å². The van der Waals surface area contributed by atoms with Gasteiger partial charge in [0.05, 0.1) is 13.2 Å². The van der Waals surface area contributed by atoms with Crippen LogP contribution in [0.5, 0.6) is 11.5 Å². The van der Waals surface area contributed by atoms with Crippen LogP contribution in [0.2, 0.25) is 0 Å².